The molecule has 0 saturated carbocycles. The van der Waals surface area contributed by atoms with Crippen LogP contribution in [0.2, 0.25) is 0 Å². The van der Waals surface area contributed by atoms with Crippen LogP contribution in [0, 0.1) is 5.92 Å². The Hall–Kier alpha value is -2.37. The third-order valence-electron chi connectivity index (χ3n) is 6.51. The molecule has 2 aromatic carbocycles. The maximum Gasteiger partial charge on any atom is 0.410 e. The standard InChI is InChI=1S/C26H35N3O2/c30-26(31-22-24-10-5-2-6-11-24)29-18-16-28(17-19-29)21-25-12-7-14-27(20-25)15-13-23-8-3-1-4-9-23/h1-6,8-11,25H,7,12-22H2. The molecule has 2 fully saturated rings. The predicted molar refractivity (Wildman–Crippen MR) is 124 cm³/mol. The van der Waals surface area contributed by atoms with Crippen molar-refractivity contribution in [2.75, 3.05) is 52.4 Å². The van der Waals surface area contributed by atoms with Crippen molar-refractivity contribution < 1.29 is 9.53 Å². The number of piperidine rings is 1. The minimum atomic E-state index is -0.187. The van der Waals surface area contributed by atoms with Crippen LogP contribution in [-0.2, 0) is 17.8 Å². The summed E-state index contributed by atoms with van der Waals surface area (Å²) in [4.78, 5) is 19.4. The molecule has 1 atom stereocenters. The molecule has 0 N–H and O–H groups in total. The molecule has 2 aromatic rings. The molecule has 2 aliphatic rings. The van der Waals surface area contributed by atoms with E-state index < -0.39 is 0 Å². The number of carbonyl (C=O) groups is 1. The summed E-state index contributed by atoms with van der Waals surface area (Å²) >= 11 is 0. The average Bonchev–Trinajstić information content (AvgIpc) is 2.83. The van der Waals surface area contributed by atoms with Crippen LogP contribution in [0.25, 0.3) is 0 Å². The Bertz CT molecular complexity index is 791. The lowest BCUT2D eigenvalue weighted by Crippen LogP contribution is -2.51. The quantitative estimate of drug-likeness (QED) is 0.679. The summed E-state index contributed by atoms with van der Waals surface area (Å²) in [5, 5.41) is 0. The van der Waals surface area contributed by atoms with E-state index in [2.05, 4.69) is 40.1 Å². The monoisotopic (exact) mass is 421 g/mol. The summed E-state index contributed by atoms with van der Waals surface area (Å²) in [6, 6.07) is 20.7. The number of likely N-dealkylation sites (tertiary alicyclic amines) is 1. The van der Waals surface area contributed by atoms with E-state index in [1.165, 1.54) is 31.5 Å². The average molecular weight is 422 g/mol. The van der Waals surface area contributed by atoms with Crippen LogP contribution in [0.4, 0.5) is 4.79 Å². The second-order valence-electron chi connectivity index (χ2n) is 8.87. The van der Waals surface area contributed by atoms with Crippen molar-refractivity contribution in [1.82, 2.24) is 14.7 Å². The summed E-state index contributed by atoms with van der Waals surface area (Å²) in [5.41, 5.74) is 2.46. The SMILES string of the molecule is O=C(OCc1ccccc1)N1CCN(CC2CCCN(CCc3ccccc3)C2)CC1. The summed E-state index contributed by atoms with van der Waals surface area (Å²) in [7, 11) is 0. The van der Waals surface area contributed by atoms with Crippen LogP contribution < -0.4 is 0 Å². The number of hydrogen-bond acceptors (Lipinski definition) is 4. The van der Waals surface area contributed by atoms with E-state index >= 15 is 0 Å². The van der Waals surface area contributed by atoms with Crippen molar-refractivity contribution in [3.05, 3.63) is 71.8 Å². The molecule has 166 valence electrons. The molecule has 2 heterocycles. The molecule has 1 amide bonds. The highest BCUT2D eigenvalue weighted by atomic mass is 16.6. The number of amides is 1. The van der Waals surface area contributed by atoms with Gasteiger partial charge < -0.3 is 14.5 Å². The van der Waals surface area contributed by atoms with Crippen molar-refractivity contribution in [1.29, 1.82) is 0 Å². The lowest BCUT2D eigenvalue weighted by Gasteiger charge is -2.39. The van der Waals surface area contributed by atoms with Crippen LogP contribution >= 0.6 is 0 Å². The number of ether oxygens (including phenoxy) is 1. The number of nitrogens with zero attached hydrogens (tertiary/aromatic N) is 3. The number of rotatable bonds is 7. The van der Waals surface area contributed by atoms with Gasteiger partial charge in [0.25, 0.3) is 0 Å². The summed E-state index contributed by atoms with van der Waals surface area (Å²) in [6.07, 6.45) is 3.57. The van der Waals surface area contributed by atoms with Gasteiger partial charge in [0, 0.05) is 45.8 Å². The molecular formula is C26H35N3O2. The van der Waals surface area contributed by atoms with Crippen molar-refractivity contribution in [2.24, 2.45) is 5.92 Å². The molecule has 4 rings (SSSR count). The molecule has 2 saturated heterocycles. The van der Waals surface area contributed by atoms with Crippen LogP contribution in [0.15, 0.2) is 60.7 Å². The maximum atomic E-state index is 12.4. The lowest BCUT2D eigenvalue weighted by molar-refractivity contribution is 0.0611. The zero-order valence-electron chi connectivity index (χ0n) is 18.5. The van der Waals surface area contributed by atoms with Crippen LogP contribution in [0.5, 0.6) is 0 Å². The van der Waals surface area contributed by atoms with Crippen molar-refractivity contribution in [3.63, 3.8) is 0 Å². The first kappa shape index (κ1) is 21.8. The third kappa shape index (κ3) is 6.81. The Balaban J connectivity index is 1.15. The fraction of sp³-hybridized carbons (Fsp3) is 0.500. The van der Waals surface area contributed by atoms with Gasteiger partial charge in [-0.1, -0.05) is 60.7 Å². The third-order valence-corrected chi connectivity index (χ3v) is 6.51. The van der Waals surface area contributed by atoms with Crippen LogP contribution in [0.1, 0.15) is 24.0 Å². The summed E-state index contributed by atoms with van der Waals surface area (Å²) in [5.74, 6) is 0.737. The van der Waals surface area contributed by atoms with Gasteiger partial charge in [0.2, 0.25) is 0 Å². The molecule has 1 unspecified atom stereocenters. The predicted octanol–water partition coefficient (Wildman–Crippen LogP) is 3.90. The summed E-state index contributed by atoms with van der Waals surface area (Å²) < 4.78 is 5.49. The molecule has 0 radical (unpaired) electrons. The molecule has 0 aliphatic carbocycles. The minimum absolute atomic E-state index is 0.187. The van der Waals surface area contributed by atoms with Gasteiger partial charge in [0.15, 0.2) is 0 Å². The van der Waals surface area contributed by atoms with Crippen molar-refractivity contribution in [2.45, 2.75) is 25.9 Å². The molecule has 0 bridgehead atoms. The van der Waals surface area contributed by atoms with Gasteiger partial charge in [-0.15, -0.1) is 0 Å². The van der Waals surface area contributed by atoms with E-state index in [4.69, 9.17) is 4.74 Å². The van der Waals surface area contributed by atoms with Crippen LogP contribution in [0.3, 0.4) is 0 Å². The number of piperazine rings is 1. The molecular weight excluding hydrogens is 386 g/mol. The largest absolute Gasteiger partial charge is 0.445 e. The lowest BCUT2D eigenvalue weighted by atomic mass is 9.96. The zero-order valence-corrected chi connectivity index (χ0v) is 18.5. The first-order chi connectivity index (χ1) is 15.3. The molecule has 2 aliphatic heterocycles. The normalized spacial score (nSPS) is 20.5. The highest BCUT2D eigenvalue weighted by Crippen LogP contribution is 2.19. The first-order valence-electron chi connectivity index (χ1n) is 11.7. The summed E-state index contributed by atoms with van der Waals surface area (Å²) in [6.45, 7) is 8.49. The van der Waals surface area contributed by atoms with Crippen molar-refractivity contribution >= 4 is 6.09 Å². The Morgan fingerprint density at radius 3 is 2.23 bits per heavy atom. The fourth-order valence-electron chi connectivity index (χ4n) is 4.72. The fourth-order valence-corrected chi connectivity index (χ4v) is 4.72. The number of carbonyl (C=O) groups excluding carboxylic acids is 1. The van der Waals surface area contributed by atoms with E-state index in [0.29, 0.717) is 6.61 Å². The van der Waals surface area contributed by atoms with E-state index in [9.17, 15) is 4.79 Å². The second-order valence-corrected chi connectivity index (χ2v) is 8.87. The van der Waals surface area contributed by atoms with Gasteiger partial charge in [-0.25, -0.2) is 4.79 Å². The van der Waals surface area contributed by atoms with E-state index in [-0.39, 0.29) is 6.09 Å². The Morgan fingerprint density at radius 2 is 1.52 bits per heavy atom. The Morgan fingerprint density at radius 1 is 0.839 bits per heavy atom. The van der Waals surface area contributed by atoms with Gasteiger partial charge in [-0.05, 0) is 42.9 Å². The van der Waals surface area contributed by atoms with E-state index in [0.717, 1.165) is 57.2 Å². The van der Waals surface area contributed by atoms with E-state index in [1.807, 2.05) is 35.2 Å². The molecule has 5 heteroatoms. The number of benzene rings is 2. The second kappa shape index (κ2) is 11.3. The Kier molecular flexibility index (Phi) is 7.97. The minimum Gasteiger partial charge on any atom is -0.445 e. The number of hydrogen-bond donors (Lipinski definition) is 0. The maximum absolute atomic E-state index is 12.4. The highest BCUT2D eigenvalue weighted by molar-refractivity contribution is 5.67. The van der Waals surface area contributed by atoms with E-state index in [1.54, 1.807) is 0 Å². The van der Waals surface area contributed by atoms with Crippen LogP contribution in [-0.4, -0.2) is 73.2 Å². The highest BCUT2D eigenvalue weighted by Gasteiger charge is 2.26. The Labute approximate surface area is 186 Å². The van der Waals surface area contributed by atoms with Gasteiger partial charge in [-0.2, -0.15) is 0 Å². The zero-order chi connectivity index (χ0) is 21.3. The van der Waals surface area contributed by atoms with Crippen molar-refractivity contribution in [3.8, 4) is 0 Å². The smallest absolute Gasteiger partial charge is 0.410 e. The van der Waals surface area contributed by atoms with Gasteiger partial charge >= 0.3 is 6.09 Å². The molecule has 5 nitrogen and oxygen atoms in total. The topological polar surface area (TPSA) is 36.0 Å². The molecule has 0 spiro atoms. The van der Waals surface area contributed by atoms with Gasteiger partial charge in [0.05, 0.1) is 0 Å². The van der Waals surface area contributed by atoms with Gasteiger partial charge in [-0.3, -0.25) is 4.90 Å². The van der Waals surface area contributed by atoms with Gasteiger partial charge in [0.1, 0.15) is 6.61 Å². The molecule has 31 heavy (non-hydrogen) atoms. The molecule has 0 aromatic heterocycles. The first-order valence-corrected chi connectivity index (χ1v) is 11.7.